The fraction of sp³-hybridized carbons (Fsp3) is 0.235. The second-order valence-electron chi connectivity index (χ2n) is 4.94. The van der Waals surface area contributed by atoms with Gasteiger partial charge in [-0.2, -0.15) is 0 Å². The van der Waals surface area contributed by atoms with E-state index in [-0.39, 0.29) is 12.1 Å². The zero-order chi connectivity index (χ0) is 15.1. The number of aryl methyl sites for hydroxylation is 1. The number of carbonyl (C=O) groups is 1. The fourth-order valence-electron chi connectivity index (χ4n) is 1.89. The summed E-state index contributed by atoms with van der Waals surface area (Å²) in [5.74, 6) is 0.842. The average molecular weight is 284 g/mol. The van der Waals surface area contributed by atoms with Gasteiger partial charge in [0.15, 0.2) is 0 Å². The van der Waals surface area contributed by atoms with E-state index in [2.05, 4.69) is 10.6 Å². The molecule has 0 aliphatic rings. The van der Waals surface area contributed by atoms with Crippen LogP contribution in [0, 0.1) is 6.92 Å². The summed E-state index contributed by atoms with van der Waals surface area (Å²) in [6.07, 6.45) is 0. The van der Waals surface area contributed by atoms with Crippen molar-refractivity contribution in [3.05, 3.63) is 60.2 Å². The van der Waals surface area contributed by atoms with Gasteiger partial charge in [0, 0.05) is 5.69 Å². The van der Waals surface area contributed by atoms with Crippen LogP contribution >= 0.6 is 0 Å². The summed E-state index contributed by atoms with van der Waals surface area (Å²) in [4.78, 5) is 11.8. The van der Waals surface area contributed by atoms with Crippen molar-refractivity contribution in [2.24, 2.45) is 0 Å². The standard InChI is InChI=1S/C17H20N2O2/c1-13-8-6-7-11-16(13)21-12-14(2)18-17(20)19-15-9-4-3-5-10-15/h3-11,14H,12H2,1-2H3,(H2,18,19,20)/t14-/m1/s1. The molecular weight excluding hydrogens is 264 g/mol. The van der Waals surface area contributed by atoms with Crippen LogP contribution in [0.5, 0.6) is 5.75 Å². The maximum absolute atomic E-state index is 11.8. The first kappa shape index (κ1) is 14.9. The first-order chi connectivity index (χ1) is 10.1. The van der Waals surface area contributed by atoms with Crippen molar-refractivity contribution in [3.8, 4) is 5.75 Å². The Labute approximate surface area is 125 Å². The van der Waals surface area contributed by atoms with Crippen molar-refractivity contribution >= 4 is 11.7 Å². The monoisotopic (exact) mass is 284 g/mol. The summed E-state index contributed by atoms with van der Waals surface area (Å²) in [5, 5.41) is 5.62. The molecule has 0 heterocycles. The maximum Gasteiger partial charge on any atom is 0.319 e. The van der Waals surface area contributed by atoms with Crippen LogP contribution in [0.2, 0.25) is 0 Å². The van der Waals surface area contributed by atoms with Crippen LogP contribution in [-0.4, -0.2) is 18.7 Å². The van der Waals surface area contributed by atoms with Crippen molar-refractivity contribution in [3.63, 3.8) is 0 Å². The number of urea groups is 1. The van der Waals surface area contributed by atoms with Gasteiger partial charge in [0.25, 0.3) is 0 Å². The number of carbonyl (C=O) groups excluding carboxylic acids is 1. The van der Waals surface area contributed by atoms with E-state index in [1.54, 1.807) is 0 Å². The molecule has 2 amide bonds. The molecule has 2 N–H and O–H groups in total. The number of hydrogen-bond donors (Lipinski definition) is 2. The van der Waals surface area contributed by atoms with Crippen molar-refractivity contribution in [1.82, 2.24) is 5.32 Å². The Balaban J connectivity index is 1.78. The summed E-state index contributed by atoms with van der Waals surface area (Å²) >= 11 is 0. The topological polar surface area (TPSA) is 50.4 Å². The van der Waals surface area contributed by atoms with Crippen molar-refractivity contribution < 1.29 is 9.53 Å². The van der Waals surface area contributed by atoms with Gasteiger partial charge in [-0.05, 0) is 37.6 Å². The quantitative estimate of drug-likeness (QED) is 0.881. The van der Waals surface area contributed by atoms with Crippen molar-refractivity contribution in [2.75, 3.05) is 11.9 Å². The zero-order valence-electron chi connectivity index (χ0n) is 12.3. The van der Waals surface area contributed by atoms with Gasteiger partial charge >= 0.3 is 6.03 Å². The molecule has 2 aromatic carbocycles. The highest BCUT2D eigenvalue weighted by Gasteiger charge is 2.08. The lowest BCUT2D eigenvalue weighted by Gasteiger charge is -2.16. The summed E-state index contributed by atoms with van der Waals surface area (Å²) in [6.45, 7) is 4.32. The molecule has 2 rings (SSSR count). The highest BCUT2D eigenvalue weighted by molar-refractivity contribution is 5.89. The molecule has 4 heteroatoms. The summed E-state index contributed by atoms with van der Waals surface area (Å²) in [5.41, 5.74) is 1.85. The lowest BCUT2D eigenvalue weighted by atomic mass is 10.2. The Morgan fingerprint density at radius 1 is 1.10 bits per heavy atom. The Morgan fingerprint density at radius 2 is 1.76 bits per heavy atom. The minimum absolute atomic E-state index is 0.0895. The molecule has 0 aliphatic carbocycles. The van der Waals surface area contributed by atoms with Gasteiger partial charge in [-0.25, -0.2) is 4.79 Å². The third kappa shape index (κ3) is 4.84. The minimum Gasteiger partial charge on any atom is -0.491 e. The normalized spacial score (nSPS) is 11.5. The second kappa shape index (κ2) is 7.33. The van der Waals surface area contributed by atoms with Crippen LogP contribution in [0.25, 0.3) is 0 Å². The number of amides is 2. The van der Waals surface area contributed by atoms with Crippen LogP contribution in [0.4, 0.5) is 10.5 Å². The van der Waals surface area contributed by atoms with E-state index in [9.17, 15) is 4.79 Å². The van der Waals surface area contributed by atoms with Crippen LogP contribution in [0.15, 0.2) is 54.6 Å². The van der Waals surface area contributed by atoms with E-state index in [1.165, 1.54) is 0 Å². The molecule has 0 aliphatic heterocycles. The van der Waals surface area contributed by atoms with Gasteiger partial charge in [-0.1, -0.05) is 36.4 Å². The van der Waals surface area contributed by atoms with Gasteiger partial charge in [0.1, 0.15) is 12.4 Å². The predicted octanol–water partition coefficient (Wildman–Crippen LogP) is 3.58. The predicted molar refractivity (Wildman–Crippen MR) is 84.7 cm³/mol. The number of para-hydroxylation sites is 2. The lowest BCUT2D eigenvalue weighted by molar-refractivity contribution is 0.236. The molecule has 21 heavy (non-hydrogen) atoms. The molecule has 1 atom stereocenters. The first-order valence-electron chi connectivity index (χ1n) is 6.96. The molecule has 4 nitrogen and oxygen atoms in total. The third-order valence-corrected chi connectivity index (χ3v) is 2.99. The molecule has 0 fully saturated rings. The fourth-order valence-corrected chi connectivity index (χ4v) is 1.89. The molecule has 0 aromatic heterocycles. The number of benzene rings is 2. The third-order valence-electron chi connectivity index (χ3n) is 2.99. The van der Waals surface area contributed by atoms with E-state index in [0.29, 0.717) is 6.61 Å². The number of rotatable bonds is 5. The van der Waals surface area contributed by atoms with Gasteiger partial charge in [-0.3, -0.25) is 0 Å². The van der Waals surface area contributed by atoms with Crippen LogP contribution in [-0.2, 0) is 0 Å². The number of nitrogens with one attached hydrogen (secondary N) is 2. The maximum atomic E-state index is 11.8. The Morgan fingerprint density at radius 3 is 2.48 bits per heavy atom. The highest BCUT2D eigenvalue weighted by Crippen LogP contribution is 2.16. The molecule has 0 saturated heterocycles. The van der Waals surface area contributed by atoms with Gasteiger partial charge in [-0.15, -0.1) is 0 Å². The largest absolute Gasteiger partial charge is 0.491 e. The SMILES string of the molecule is Cc1ccccc1OC[C@@H](C)NC(=O)Nc1ccccc1. The van der Waals surface area contributed by atoms with Crippen molar-refractivity contribution in [2.45, 2.75) is 19.9 Å². The Kier molecular flexibility index (Phi) is 5.21. The number of ether oxygens (including phenoxy) is 1. The van der Waals surface area contributed by atoms with E-state index in [4.69, 9.17) is 4.74 Å². The summed E-state index contributed by atoms with van der Waals surface area (Å²) < 4.78 is 5.71. The van der Waals surface area contributed by atoms with Gasteiger partial charge in [0.2, 0.25) is 0 Å². The molecule has 0 radical (unpaired) electrons. The molecule has 0 unspecified atom stereocenters. The molecule has 2 aromatic rings. The van der Waals surface area contributed by atoms with Crippen LogP contribution in [0.3, 0.4) is 0 Å². The second-order valence-corrected chi connectivity index (χ2v) is 4.94. The van der Waals surface area contributed by atoms with Gasteiger partial charge in [0.05, 0.1) is 6.04 Å². The Bertz CT molecular complexity index is 584. The zero-order valence-corrected chi connectivity index (χ0v) is 12.3. The Hall–Kier alpha value is -2.49. The smallest absolute Gasteiger partial charge is 0.319 e. The molecule has 0 spiro atoms. The number of hydrogen-bond acceptors (Lipinski definition) is 2. The first-order valence-corrected chi connectivity index (χ1v) is 6.96. The van der Waals surface area contributed by atoms with Crippen molar-refractivity contribution in [1.29, 1.82) is 0 Å². The lowest BCUT2D eigenvalue weighted by Crippen LogP contribution is -2.39. The average Bonchev–Trinajstić information content (AvgIpc) is 2.47. The molecule has 110 valence electrons. The minimum atomic E-state index is -0.234. The molecule has 0 saturated carbocycles. The van der Waals surface area contributed by atoms with Crippen LogP contribution in [0.1, 0.15) is 12.5 Å². The molecule has 0 bridgehead atoms. The van der Waals surface area contributed by atoms with E-state index < -0.39 is 0 Å². The van der Waals surface area contributed by atoms with Gasteiger partial charge < -0.3 is 15.4 Å². The number of anilines is 1. The van der Waals surface area contributed by atoms with E-state index >= 15 is 0 Å². The molecular formula is C17H20N2O2. The van der Waals surface area contributed by atoms with E-state index in [1.807, 2.05) is 68.4 Å². The summed E-state index contributed by atoms with van der Waals surface area (Å²) in [7, 11) is 0. The van der Waals surface area contributed by atoms with Crippen LogP contribution < -0.4 is 15.4 Å². The summed E-state index contributed by atoms with van der Waals surface area (Å²) in [6, 6.07) is 16.8. The van der Waals surface area contributed by atoms with E-state index in [0.717, 1.165) is 17.0 Å². The highest BCUT2D eigenvalue weighted by atomic mass is 16.5.